The number of carbonyl (C=O) groups is 4. The number of aromatic nitrogens is 6. The van der Waals surface area contributed by atoms with Crippen LogP contribution in [0.2, 0.25) is 0 Å². The van der Waals surface area contributed by atoms with Crippen LogP contribution in [0.4, 0.5) is 0 Å². The first-order chi connectivity index (χ1) is 44.3. The van der Waals surface area contributed by atoms with Gasteiger partial charge in [0.05, 0.1) is 63.9 Å². The summed E-state index contributed by atoms with van der Waals surface area (Å²) in [6, 6.07) is 1.67. The molecule has 3 amide bonds. The van der Waals surface area contributed by atoms with Gasteiger partial charge in [-0.25, -0.2) is 0 Å². The average Bonchev–Trinajstić information content (AvgIpc) is 1.53. The number of fused-ring (bicyclic) bond motifs is 5. The van der Waals surface area contributed by atoms with Crippen LogP contribution in [0.25, 0.3) is 0 Å². The molecule has 17 heteroatoms. The van der Waals surface area contributed by atoms with Gasteiger partial charge in [-0.1, -0.05) is 57.8 Å². The van der Waals surface area contributed by atoms with Crippen molar-refractivity contribution in [1.82, 2.24) is 45.3 Å². The molecular weight excluding hydrogens is 1200 g/mol. The van der Waals surface area contributed by atoms with Gasteiger partial charge < -0.3 is 20.7 Å². The average molecular weight is 1310 g/mol. The number of carbonyl (C=O) groups excluding carboxylic acids is 4. The van der Waals surface area contributed by atoms with Crippen molar-refractivity contribution in [1.29, 1.82) is 0 Å². The third-order valence-electron chi connectivity index (χ3n) is 26.7. The Kier molecular flexibility index (Phi) is 18.7. The van der Waals surface area contributed by atoms with Gasteiger partial charge in [0.2, 0.25) is 0 Å². The zero-order valence-electron chi connectivity index (χ0n) is 54.9. The molecule has 8 atom stereocenters. The Hall–Kier alpha value is -3.62. The number of hydrogen-bond donors (Lipinski definition) is 3. The molecular formula is C74H106Cl3N9O5. The summed E-state index contributed by atoms with van der Waals surface area (Å²) in [5.41, 5.74) is 8.97. The van der Waals surface area contributed by atoms with Crippen LogP contribution in [0.1, 0.15) is 338 Å². The maximum atomic E-state index is 13.6. The van der Waals surface area contributed by atoms with E-state index in [4.69, 9.17) is 54.8 Å². The van der Waals surface area contributed by atoms with E-state index in [9.17, 15) is 19.2 Å². The molecule has 91 heavy (non-hydrogen) atoms. The lowest BCUT2D eigenvalue weighted by atomic mass is 9.48. The fourth-order valence-electron chi connectivity index (χ4n) is 23.1. The molecule has 3 aromatic rings. The van der Waals surface area contributed by atoms with E-state index in [1.807, 2.05) is 6.92 Å². The predicted octanol–water partition coefficient (Wildman–Crippen LogP) is 16.6. The lowest BCUT2D eigenvalue weighted by Crippen LogP contribution is -2.56. The normalized spacial score (nSPS) is 36.5. The number of rotatable bonds is 12. The molecule has 13 fully saturated rings. The van der Waals surface area contributed by atoms with E-state index in [2.05, 4.69) is 36.9 Å². The van der Waals surface area contributed by atoms with Crippen LogP contribution in [-0.4, -0.2) is 77.8 Å². The number of nitrogens with zero attached hydrogens (tertiary/aromatic N) is 6. The minimum absolute atomic E-state index is 0.000281. The van der Waals surface area contributed by atoms with E-state index in [-0.39, 0.29) is 57.8 Å². The van der Waals surface area contributed by atoms with E-state index < -0.39 is 0 Å². The highest BCUT2D eigenvalue weighted by Gasteiger charge is 2.55. The van der Waals surface area contributed by atoms with Crippen LogP contribution in [0.3, 0.4) is 0 Å². The Morgan fingerprint density at radius 3 is 1.26 bits per heavy atom. The molecule has 0 spiro atoms. The van der Waals surface area contributed by atoms with Crippen molar-refractivity contribution in [3.8, 4) is 0 Å². The number of ether oxygens (including phenoxy) is 1. The van der Waals surface area contributed by atoms with Gasteiger partial charge in [0.1, 0.15) is 0 Å². The molecule has 19 rings (SSSR count). The molecule has 0 aromatic carbocycles. The largest absolute Gasteiger partial charge is 0.466 e. The molecule has 6 unspecified atom stereocenters. The van der Waals surface area contributed by atoms with Crippen LogP contribution < -0.4 is 16.0 Å². The Morgan fingerprint density at radius 1 is 0.462 bits per heavy atom. The summed E-state index contributed by atoms with van der Waals surface area (Å²) in [5.74, 6) is 6.29. The second kappa shape index (κ2) is 26.8. The van der Waals surface area contributed by atoms with Crippen molar-refractivity contribution in [2.45, 2.75) is 310 Å². The number of alkyl halides is 3. The molecule has 498 valence electrons. The SMILES string of the molecule is CC(NC(=O)c1nn(C2CCCCC2)c2c1CCCC2Cl)C12CC3CC(CC(C3)C1)C2.CCOC(=O)[C@H]1C2CCC(C2)[C@H]1NC(=O)c1nn(C2CCCCC2)c2c1CCCC2Cl.O=C(NC1C2CC3CC(C2)CC1C3)c1nn(C2CCCCC2)c2c1CCCC2Cl. The predicted molar refractivity (Wildman–Crippen MR) is 356 cm³/mol. The molecule has 0 aliphatic heterocycles. The third kappa shape index (κ3) is 12.3. The molecule has 3 heterocycles. The van der Waals surface area contributed by atoms with E-state index in [0.717, 1.165) is 148 Å². The Labute approximate surface area is 556 Å². The summed E-state index contributed by atoms with van der Waals surface area (Å²) in [7, 11) is 0. The minimum Gasteiger partial charge on any atom is -0.466 e. The number of esters is 1. The minimum atomic E-state index is -0.223. The lowest BCUT2D eigenvalue weighted by Gasteiger charge is -2.59. The van der Waals surface area contributed by atoms with Crippen molar-refractivity contribution >= 4 is 58.5 Å². The van der Waals surface area contributed by atoms with Gasteiger partial charge in [-0.05, 0) is 259 Å². The number of nitrogens with one attached hydrogen (secondary N) is 3. The molecule has 13 saturated carbocycles. The fraction of sp³-hybridized carbons (Fsp3) is 0.824. The molecule has 16 aliphatic carbocycles. The van der Waals surface area contributed by atoms with Crippen LogP contribution in [-0.2, 0) is 28.8 Å². The molecule has 16 aliphatic rings. The molecule has 0 radical (unpaired) electrons. The zero-order valence-corrected chi connectivity index (χ0v) is 57.2. The van der Waals surface area contributed by atoms with Gasteiger partial charge in [-0.15, -0.1) is 34.8 Å². The van der Waals surface area contributed by atoms with Crippen LogP contribution in [0, 0.1) is 64.6 Å². The Morgan fingerprint density at radius 2 is 0.846 bits per heavy atom. The van der Waals surface area contributed by atoms with E-state index >= 15 is 0 Å². The number of amides is 3. The number of halogens is 3. The second-order valence-electron chi connectivity index (χ2n) is 32.4. The summed E-state index contributed by atoms with van der Waals surface area (Å²) in [6.45, 7) is 4.50. The van der Waals surface area contributed by atoms with Crippen molar-refractivity contribution < 1.29 is 23.9 Å². The molecule has 0 saturated heterocycles. The van der Waals surface area contributed by atoms with E-state index in [0.29, 0.717) is 76.9 Å². The lowest BCUT2D eigenvalue weighted by molar-refractivity contribution is -0.150. The van der Waals surface area contributed by atoms with Gasteiger partial charge in [-0.3, -0.25) is 33.2 Å². The first-order valence-corrected chi connectivity index (χ1v) is 38.9. The van der Waals surface area contributed by atoms with Gasteiger partial charge >= 0.3 is 5.97 Å². The topological polar surface area (TPSA) is 167 Å². The van der Waals surface area contributed by atoms with Crippen molar-refractivity contribution in [3.63, 3.8) is 0 Å². The summed E-state index contributed by atoms with van der Waals surface area (Å²) in [5, 5.41) is 25.0. The van der Waals surface area contributed by atoms with Crippen molar-refractivity contribution in [3.05, 3.63) is 50.9 Å². The summed E-state index contributed by atoms with van der Waals surface area (Å²) in [4.78, 5) is 53.2. The van der Waals surface area contributed by atoms with E-state index in [1.165, 1.54) is 160 Å². The highest BCUT2D eigenvalue weighted by atomic mass is 35.5. The first-order valence-electron chi connectivity index (χ1n) is 37.6. The second-order valence-corrected chi connectivity index (χ2v) is 34.0. The smallest absolute Gasteiger partial charge is 0.311 e. The van der Waals surface area contributed by atoms with Crippen LogP contribution in [0.15, 0.2) is 0 Å². The Bertz CT molecular complexity index is 3090. The van der Waals surface area contributed by atoms with E-state index in [1.54, 1.807) is 0 Å². The first kappa shape index (κ1) is 63.4. The Balaban J connectivity index is 0.000000114. The maximum Gasteiger partial charge on any atom is 0.311 e. The third-order valence-corrected chi connectivity index (χ3v) is 28.0. The van der Waals surface area contributed by atoms with Crippen molar-refractivity contribution in [2.24, 2.45) is 64.6 Å². The summed E-state index contributed by atoms with van der Waals surface area (Å²) >= 11 is 20.4. The van der Waals surface area contributed by atoms with Gasteiger partial charge in [0, 0.05) is 34.8 Å². The molecule has 3 aromatic heterocycles. The molecule has 14 nitrogen and oxygen atoms in total. The molecule has 3 N–H and O–H groups in total. The van der Waals surface area contributed by atoms with Crippen molar-refractivity contribution in [2.75, 3.05) is 6.61 Å². The molecule has 10 bridgehead atoms. The van der Waals surface area contributed by atoms with Crippen LogP contribution in [0.5, 0.6) is 0 Å². The summed E-state index contributed by atoms with van der Waals surface area (Å²) < 4.78 is 11.8. The van der Waals surface area contributed by atoms with Crippen LogP contribution >= 0.6 is 34.8 Å². The summed E-state index contributed by atoms with van der Waals surface area (Å²) in [6.07, 6.45) is 45.3. The highest BCUT2D eigenvalue weighted by Crippen LogP contribution is 2.62. The van der Waals surface area contributed by atoms with Gasteiger partial charge in [-0.2, -0.15) is 15.3 Å². The standard InChI is InChI=1S/C26H38ClN3O.C24H34ClN3O3.C24H34ClN3O/c1-16(26-13-17-10-18(14-26)12-19(11-17)15-26)28-25(31)23-21-8-5-9-22(27)24(21)30(29-23)20-6-3-2-4-7-20;1-2-31-24(30)19-14-11-12-15(13-14)20(19)26-23(29)21-17-9-6-10-18(25)22(17)28(27-21)16-7-4-3-5-8-16;25-20-8-4-7-19-22(27-28(23(19)20)18-5-2-1-3-6-18)24(29)26-21-16-10-14-9-15(12-16)13-17(21)11-14/h16-20,22H,2-15H2,1H3,(H,28,31);14-16,18-20H,2-13H2,1H3,(H,26,29);14-18,20-21H,1-13H2,(H,26,29)/t;14?,15?,18?,19-,20+;/m.0./s1. The zero-order chi connectivity index (χ0) is 62.2. The monoisotopic (exact) mass is 1310 g/mol. The maximum absolute atomic E-state index is 13.6. The van der Waals surface area contributed by atoms with Gasteiger partial charge in [0.15, 0.2) is 17.1 Å². The number of hydrogen-bond acceptors (Lipinski definition) is 8. The quantitative estimate of drug-likeness (QED) is 0.119. The highest BCUT2D eigenvalue weighted by molar-refractivity contribution is 6.21. The van der Waals surface area contributed by atoms with Gasteiger partial charge in [0.25, 0.3) is 17.7 Å². The fourth-order valence-corrected chi connectivity index (χ4v) is 24.3.